The van der Waals surface area contributed by atoms with Gasteiger partial charge in [0.25, 0.3) is 0 Å². The van der Waals surface area contributed by atoms with Crippen LogP contribution in [0.2, 0.25) is 0 Å². The molecule has 33 heavy (non-hydrogen) atoms. The first kappa shape index (κ1) is 25.4. The van der Waals surface area contributed by atoms with Crippen molar-refractivity contribution in [2.75, 3.05) is 45.1 Å². The average molecular weight is 494 g/mol. The van der Waals surface area contributed by atoms with Gasteiger partial charge in [-0.1, -0.05) is 6.07 Å². The van der Waals surface area contributed by atoms with E-state index in [9.17, 15) is 26.4 Å². The molecule has 3 aliphatic rings. The topological polar surface area (TPSA) is 117 Å². The number of carbonyl (C=O) groups is 2. The number of carboxylic acid groups (broad SMARTS) is 1. The number of hydrogen-bond donors (Lipinski definition) is 1. The van der Waals surface area contributed by atoms with Crippen molar-refractivity contribution in [3.05, 3.63) is 30.1 Å². The van der Waals surface area contributed by atoms with Crippen LogP contribution < -0.4 is 0 Å². The third-order valence-electron chi connectivity index (χ3n) is 6.09. The second kappa shape index (κ2) is 10.3. The van der Waals surface area contributed by atoms with E-state index in [1.54, 1.807) is 6.20 Å². The van der Waals surface area contributed by atoms with Crippen molar-refractivity contribution < 1.29 is 41.0 Å². The number of carbonyl (C=O) groups excluding carboxylic acids is 1. The van der Waals surface area contributed by atoms with Crippen LogP contribution in [0.15, 0.2) is 24.5 Å². The molecule has 0 aromatic carbocycles. The highest BCUT2D eigenvalue weighted by Gasteiger charge is 2.51. The van der Waals surface area contributed by atoms with Crippen molar-refractivity contribution in [2.24, 2.45) is 11.8 Å². The summed E-state index contributed by atoms with van der Waals surface area (Å²) < 4.78 is 62.3. The number of likely N-dealkylation sites (tertiary alicyclic amines) is 1. The molecule has 0 aliphatic carbocycles. The van der Waals surface area contributed by atoms with E-state index in [4.69, 9.17) is 14.6 Å². The molecule has 1 N–H and O–H groups in total. The van der Waals surface area contributed by atoms with Gasteiger partial charge in [0.05, 0.1) is 24.2 Å². The fourth-order valence-corrected chi connectivity index (χ4v) is 6.64. The van der Waals surface area contributed by atoms with Crippen LogP contribution in [0.3, 0.4) is 0 Å². The zero-order chi connectivity index (χ0) is 24.2. The van der Waals surface area contributed by atoms with Crippen molar-refractivity contribution in [3.8, 4) is 0 Å². The summed E-state index contributed by atoms with van der Waals surface area (Å²) >= 11 is 0. The summed E-state index contributed by atoms with van der Waals surface area (Å²) in [6.07, 6.45) is -1.10. The smallest absolute Gasteiger partial charge is 0.475 e. The molecule has 13 heteroatoms. The lowest BCUT2D eigenvalue weighted by atomic mass is 9.87. The highest BCUT2D eigenvalue weighted by Crippen LogP contribution is 2.38. The number of rotatable bonds is 3. The van der Waals surface area contributed by atoms with E-state index in [-0.39, 0.29) is 23.5 Å². The van der Waals surface area contributed by atoms with Crippen LogP contribution in [0.1, 0.15) is 12.0 Å². The summed E-state index contributed by atoms with van der Waals surface area (Å²) in [5.41, 5.74) is 1.07. The number of halogens is 3. The molecule has 0 saturated carbocycles. The van der Waals surface area contributed by atoms with Crippen LogP contribution in [0, 0.1) is 11.8 Å². The van der Waals surface area contributed by atoms with Gasteiger partial charge in [-0.15, -0.1) is 0 Å². The lowest BCUT2D eigenvalue weighted by molar-refractivity contribution is -0.192. The second-order valence-electron chi connectivity index (χ2n) is 8.26. The molecule has 1 aromatic rings. The Hall–Kier alpha value is -2.25. The van der Waals surface area contributed by atoms with Gasteiger partial charge in [-0.3, -0.25) is 14.7 Å². The van der Waals surface area contributed by atoms with Gasteiger partial charge >= 0.3 is 12.1 Å². The number of aliphatic carboxylic acids is 1. The molecule has 1 amide bonds. The Morgan fingerprint density at radius 1 is 1.21 bits per heavy atom. The molecular formula is C20H26F3N3O6S. The maximum absolute atomic E-state index is 13.0. The summed E-state index contributed by atoms with van der Waals surface area (Å²) in [6.45, 7) is 4.19. The number of fused-ring (bicyclic) bond motifs is 1. The van der Waals surface area contributed by atoms with E-state index >= 15 is 0 Å². The van der Waals surface area contributed by atoms with Crippen molar-refractivity contribution >= 4 is 21.7 Å². The molecule has 0 radical (unpaired) electrons. The Balaban J connectivity index is 0.000000383. The van der Waals surface area contributed by atoms with Crippen LogP contribution >= 0.6 is 0 Å². The number of sulfone groups is 1. The van der Waals surface area contributed by atoms with E-state index in [1.165, 1.54) is 0 Å². The number of morpholine rings is 1. The van der Waals surface area contributed by atoms with Gasteiger partial charge in [0, 0.05) is 57.0 Å². The zero-order valence-corrected chi connectivity index (χ0v) is 18.6. The molecule has 3 atom stereocenters. The molecule has 0 unspecified atom stereocenters. The fraction of sp³-hybridized carbons (Fsp3) is 0.650. The molecule has 3 saturated heterocycles. The number of pyridine rings is 1. The van der Waals surface area contributed by atoms with Gasteiger partial charge in [0.15, 0.2) is 9.84 Å². The Kier molecular flexibility index (Phi) is 7.96. The first-order valence-corrected chi connectivity index (χ1v) is 12.2. The van der Waals surface area contributed by atoms with Crippen LogP contribution in [-0.4, -0.2) is 96.8 Å². The summed E-state index contributed by atoms with van der Waals surface area (Å²) in [7, 11) is -3.14. The molecular weight excluding hydrogens is 467 g/mol. The van der Waals surface area contributed by atoms with Crippen LogP contribution in [-0.2, 0) is 30.7 Å². The lowest BCUT2D eigenvalue weighted by Gasteiger charge is -2.36. The lowest BCUT2D eigenvalue weighted by Crippen LogP contribution is -2.50. The standard InChI is InChI=1S/C18H25N3O4S.C2HF3O2/c22-18(21-5-7-25-8-6-21)15-3-9-26(23,24)17-13-20(12-16(15)17)11-14-2-1-4-19-10-14;3-2(4,5)1(6)7/h1-2,4,10,15-17H,3,5-9,11-13H2;(H,6,7)/t15-,16-,17-;/m1./s1. The predicted octanol–water partition coefficient (Wildman–Crippen LogP) is 0.809. The maximum atomic E-state index is 13.0. The quantitative estimate of drug-likeness (QED) is 0.658. The zero-order valence-electron chi connectivity index (χ0n) is 17.8. The first-order valence-electron chi connectivity index (χ1n) is 10.5. The molecule has 0 spiro atoms. The second-order valence-corrected chi connectivity index (χ2v) is 10.6. The van der Waals surface area contributed by atoms with Gasteiger partial charge in [-0.05, 0) is 18.1 Å². The average Bonchev–Trinajstić information content (AvgIpc) is 3.19. The normalized spacial score (nSPS) is 27.2. The van der Waals surface area contributed by atoms with Gasteiger partial charge in [0.1, 0.15) is 0 Å². The van der Waals surface area contributed by atoms with Gasteiger partial charge < -0.3 is 14.7 Å². The van der Waals surface area contributed by atoms with E-state index in [0.717, 1.165) is 5.56 Å². The summed E-state index contributed by atoms with van der Waals surface area (Å²) in [6, 6.07) is 3.89. The van der Waals surface area contributed by atoms with Gasteiger partial charge in [0.2, 0.25) is 5.91 Å². The summed E-state index contributed by atoms with van der Waals surface area (Å²) in [5.74, 6) is -2.83. The Bertz CT molecular complexity index is 938. The van der Waals surface area contributed by atoms with Crippen molar-refractivity contribution in [2.45, 2.75) is 24.4 Å². The van der Waals surface area contributed by atoms with Crippen LogP contribution in [0.5, 0.6) is 0 Å². The molecule has 184 valence electrons. The highest BCUT2D eigenvalue weighted by atomic mass is 32.2. The maximum Gasteiger partial charge on any atom is 0.490 e. The SMILES string of the molecule is O=C(O)C(F)(F)F.O=C([C@@H]1CCS(=O)(=O)[C@@H]2CN(Cc3cccnc3)C[C@@H]21)N1CCOCC1. The number of nitrogens with zero attached hydrogens (tertiary/aromatic N) is 3. The molecule has 4 heterocycles. The fourth-order valence-electron chi connectivity index (χ4n) is 4.51. The molecule has 9 nitrogen and oxygen atoms in total. The number of alkyl halides is 3. The molecule has 3 aliphatic heterocycles. The summed E-state index contributed by atoms with van der Waals surface area (Å²) in [5, 5.41) is 6.70. The minimum Gasteiger partial charge on any atom is -0.475 e. The van der Waals surface area contributed by atoms with E-state index in [0.29, 0.717) is 52.4 Å². The van der Waals surface area contributed by atoms with Crippen LogP contribution in [0.4, 0.5) is 13.2 Å². The number of hydrogen-bond acceptors (Lipinski definition) is 7. The first-order chi connectivity index (χ1) is 15.5. The number of carboxylic acids is 1. The number of amides is 1. The monoisotopic (exact) mass is 493 g/mol. The Labute approximate surface area is 189 Å². The van der Waals surface area contributed by atoms with Crippen molar-refractivity contribution in [3.63, 3.8) is 0 Å². The predicted molar refractivity (Wildman–Crippen MR) is 110 cm³/mol. The number of aromatic nitrogens is 1. The summed E-state index contributed by atoms with van der Waals surface area (Å²) in [4.78, 5) is 30.1. The molecule has 0 bridgehead atoms. The third-order valence-corrected chi connectivity index (χ3v) is 8.31. The van der Waals surface area contributed by atoms with Crippen LogP contribution in [0.25, 0.3) is 0 Å². The largest absolute Gasteiger partial charge is 0.490 e. The third kappa shape index (κ3) is 6.42. The van der Waals surface area contributed by atoms with Gasteiger partial charge in [-0.25, -0.2) is 13.2 Å². The van der Waals surface area contributed by atoms with E-state index in [2.05, 4.69) is 9.88 Å². The molecule has 1 aromatic heterocycles. The minimum absolute atomic E-state index is 0.110. The minimum atomic E-state index is -5.08. The molecule has 3 fully saturated rings. The Morgan fingerprint density at radius 3 is 2.45 bits per heavy atom. The highest BCUT2D eigenvalue weighted by molar-refractivity contribution is 7.92. The molecule has 4 rings (SSSR count). The Morgan fingerprint density at radius 2 is 1.88 bits per heavy atom. The van der Waals surface area contributed by atoms with E-state index < -0.39 is 27.2 Å². The van der Waals surface area contributed by atoms with E-state index in [1.807, 2.05) is 23.2 Å². The van der Waals surface area contributed by atoms with Crippen molar-refractivity contribution in [1.82, 2.24) is 14.8 Å². The van der Waals surface area contributed by atoms with Crippen molar-refractivity contribution in [1.29, 1.82) is 0 Å². The number of ether oxygens (including phenoxy) is 1. The van der Waals surface area contributed by atoms with Gasteiger partial charge in [-0.2, -0.15) is 13.2 Å².